The van der Waals surface area contributed by atoms with Crippen molar-refractivity contribution in [2.75, 3.05) is 0 Å². The van der Waals surface area contributed by atoms with Crippen molar-refractivity contribution in [2.45, 2.75) is 45.1 Å². The molecular weight excluding hydrogens is 280 g/mol. The van der Waals surface area contributed by atoms with E-state index in [0.717, 1.165) is 23.4 Å². The van der Waals surface area contributed by atoms with E-state index in [1.54, 1.807) is 23.6 Å². The molecule has 21 heavy (non-hydrogen) atoms. The Balaban J connectivity index is 1.74. The van der Waals surface area contributed by atoms with Gasteiger partial charge in [-0.1, -0.05) is 19.3 Å². The van der Waals surface area contributed by atoms with Gasteiger partial charge in [0, 0.05) is 22.7 Å². The summed E-state index contributed by atoms with van der Waals surface area (Å²) < 4.78 is 0. The highest BCUT2D eigenvalue weighted by Crippen LogP contribution is 2.26. The largest absolute Gasteiger partial charge is 0.349 e. The average Bonchev–Trinajstić information content (AvgIpc) is 2.95. The Morgan fingerprint density at radius 1 is 1.24 bits per heavy atom. The minimum atomic E-state index is 0.0267. The summed E-state index contributed by atoms with van der Waals surface area (Å²) in [4.78, 5) is 19.1. The van der Waals surface area contributed by atoms with E-state index < -0.39 is 0 Å². The zero-order chi connectivity index (χ0) is 14.7. The molecule has 110 valence electrons. The summed E-state index contributed by atoms with van der Waals surface area (Å²) >= 11 is 1.70. The van der Waals surface area contributed by atoms with E-state index in [2.05, 4.69) is 29.4 Å². The number of carbonyl (C=O) groups excluding carboxylic acids is 1. The number of carbonyl (C=O) groups is 1. The lowest BCUT2D eigenvalue weighted by molar-refractivity contribution is 0.0927. The molecule has 1 amide bonds. The molecule has 0 atom stereocenters. The van der Waals surface area contributed by atoms with Gasteiger partial charge in [0.25, 0.3) is 5.91 Å². The van der Waals surface area contributed by atoms with Crippen molar-refractivity contribution < 1.29 is 4.79 Å². The molecule has 1 fully saturated rings. The summed E-state index contributed by atoms with van der Waals surface area (Å²) in [6.45, 7) is 2.08. The van der Waals surface area contributed by atoms with Crippen LogP contribution in [0.5, 0.6) is 0 Å². The fraction of sp³-hybridized carbons (Fsp3) is 0.412. The molecule has 2 aromatic heterocycles. The lowest BCUT2D eigenvalue weighted by Gasteiger charge is -2.22. The quantitative estimate of drug-likeness (QED) is 0.924. The van der Waals surface area contributed by atoms with Gasteiger partial charge in [-0.2, -0.15) is 0 Å². The number of thiophene rings is 1. The third-order valence-corrected chi connectivity index (χ3v) is 4.98. The molecule has 4 heteroatoms. The number of pyridine rings is 1. The SMILES string of the molecule is Cc1ccc(-c2cc(C(=O)NC3CCCCC3)ccn2)s1. The number of hydrogen-bond acceptors (Lipinski definition) is 3. The summed E-state index contributed by atoms with van der Waals surface area (Å²) in [6.07, 6.45) is 7.67. The normalized spacial score (nSPS) is 15.9. The molecule has 0 unspecified atom stereocenters. The maximum absolute atomic E-state index is 12.4. The smallest absolute Gasteiger partial charge is 0.251 e. The molecule has 0 aromatic carbocycles. The van der Waals surface area contributed by atoms with E-state index in [1.807, 2.05) is 6.07 Å². The molecule has 1 aliphatic rings. The predicted molar refractivity (Wildman–Crippen MR) is 86.6 cm³/mol. The van der Waals surface area contributed by atoms with E-state index in [-0.39, 0.29) is 5.91 Å². The molecule has 2 aromatic rings. The molecule has 1 N–H and O–H groups in total. The summed E-state index contributed by atoms with van der Waals surface area (Å²) in [5, 5.41) is 3.16. The van der Waals surface area contributed by atoms with Gasteiger partial charge in [0.15, 0.2) is 0 Å². The Hall–Kier alpha value is -1.68. The molecule has 0 spiro atoms. The Morgan fingerprint density at radius 3 is 2.76 bits per heavy atom. The van der Waals surface area contributed by atoms with Gasteiger partial charge in [0.05, 0.1) is 10.6 Å². The van der Waals surface area contributed by atoms with Gasteiger partial charge in [-0.25, -0.2) is 0 Å². The van der Waals surface area contributed by atoms with Crippen LogP contribution < -0.4 is 5.32 Å². The van der Waals surface area contributed by atoms with Crippen LogP contribution in [0.15, 0.2) is 30.5 Å². The van der Waals surface area contributed by atoms with E-state index in [0.29, 0.717) is 11.6 Å². The fourth-order valence-corrected chi connectivity index (χ4v) is 3.63. The Labute approximate surface area is 129 Å². The summed E-state index contributed by atoms with van der Waals surface area (Å²) in [5.41, 5.74) is 1.58. The Bertz CT molecular complexity index is 629. The van der Waals surface area contributed by atoms with E-state index in [1.165, 1.54) is 24.1 Å². The predicted octanol–water partition coefficient (Wildman–Crippen LogP) is 4.18. The van der Waals surface area contributed by atoms with Crippen LogP contribution in [0.2, 0.25) is 0 Å². The number of amides is 1. The second-order valence-electron chi connectivity index (χ2n) is 5.65. The fourth-order valence-electron chi connectivity index (χ4n) is 2.79. The first-order chi connectivity index (χ1) is 10.2. The zero-order valence-corrected chi connectivity index (χ0v) is 13.1. The maximum atomic E-state index is 12.4. The van der Waals surface area contributed by atoms with Crippen LogP contribution in [0.4, 0.5) is 0 Å². The van der Waals surface area contributed by atoms with Gasteiger partial charge >= 0.3 is 0 Å². The molecule has 2 heterocycles. The highest BCUT2D eigenvalue weighted by molar-refractivity contribution is 7.15. The number of rotatable bonds is 3. The standard InChI is InChI=1S/C17H20N2OS/c1-12-7-8-16(21-12)15-11-13(9-10-18-15)17(20)19-14-5-3-2-4-6-14/h7-11,14H,2-6H2,1H3,(H,19,20). The van der Waals surface area contributed by atoms with Crippen molar-refractivity contribution in [3.05, 3.63) is 40.9 Å². The molecule has 0 saturated heterocycles. The van der Waals surface area contributed by atoms with E-state index >= 15 is 0 Å². The molecule has 1 aliphatic carbocycles. The molecule has 0 aliphatic heterocycles. The van der Waals surface area contributed by atoms with Crippen LogP contribution in [0.25, 0.3) is 10.6 Å². The summed E-state index contributed by atoms with van der Waals surface area (Å²) in [5.74, 6) is 0.0267. The average molecular weight is 300 g/mol. The van der Waals surface area contributed by atoms with Gasteiger partial charge in [-0.3, -0.25) is 9.78 Å². The van der Waals surface area contributed by atoms with E-state index in [9.17, 15) is 4.79 Å². The molecule has 1 saturated carbocycles. The van der Waals surface area contributed by atoms with Crippen molar-refractivity contribution in [3.8, 4) is 10.6 Å². The van der Waals surface area contributed by atoms with Crippen LogP contribution in [0.3, 0.4) is 0 Å². The third kappa shape index (κ3) is 3.50. The molecule has 0 radical (unpaired) electrons. The van der Waals surface area contributed by atoms with Gasteiger partial charge in [0.1, 0.15) is 0 Å². The highest BCUT2D eigenvalue weighted by atomic mass is 32.1. The van der Waals surface area contributed by atoms with Crippen molar-refractivity contribution in [1.29, 1.82) is 0 Å². The Kier molecular flexibility index (Phi) is 4.34. The first kappa shape index (κ1) is 14.3. The molecular formula is C17H20N2OS. The monoisotopic (exact) mass is 300 g/mol. The summed E-state index contributed by atoms with van der Waals surface area (Å²) in [7, 11) is 0. The lowest BCUT2D eigenvalue weighted by Crippen LogP contribution is -2.36. The first-order valence-corrected chi connectivity index (χ1v) is 8.38. The van der Waals surface area contributed by atoms with Gasteiger partial charge < -0.3 is 5.32 Å². The third-order valence-electron chi connectivity index (χ3n) is 3.96. The Morgan fingerprint density at radius 2 is 2.05 bits per heavy atom. The highest BCUT2D eigenvalue weighted by Gasteiger charge is 2.17. The summed E-state index contributed by atoms with van der Waals surface area (Å²) in [6, 6.07) is 8.17. The number of hydrogen-bond donors (Lipinski definition) is 1. The maximum Gasteiger partial charge on any atom is 0.251 e. The van der Waals surface area contributed by atoms with Crippen LogP contribution in [-0.4, -0.2) is 16.9 Å². The first-order valence-electron chi connectivity index (χ1n) is 7.56. The number of aromatic nitrogens is 1. The number of aryl methyl sites for hydroxylation is 1. The molecule has 0 bridgehead atoms. The van der Waals surface area contributed by atoms with Gasteiger partial charge in [0.2, 0.25) is 0 Å². The second-order valence-corrected chi connectivity index (χ2v) is 6.94. The van der Waals surface area contributed by atoms with Crippen molar-refractivity contribution in [1.82, 2.24) is 10.3 Å². The van der Waals surface area contributed by atoms with Crippen molar-refractivity contribution in [2.24, 2.45) is 0 Å². The van der Waals surface area contributed by atoms with Gasteiger partial charge in [-0.05, 0) is 44.0 Å². The minimum Gasteiger partial charge on any atom is -0.349 e. The number of nitrogens with zero attached hydrogens (tertiary/aromatic N) is 1. The zero-order valence-electron chi connectivity index (χ0n) is 12.3. The van der Waals surface area contributed by atoms with E-state index in [4.69, 9.17) is 0 Å². The minimum absolute atomic E-state index is 0.0267. The van der Waals surface area contributed by atoms with Crippen LogP contribution in [0.1, 0.15) is 47.3 Å². The molecule has 3 rings (SSSR count). The lowest BCUT2D eigenvalue weighted by atomic mass is 9.95. The second kappa shape index (κ2) is 6.39. The van der Waals surface area contributed by atoms with Gasteiger partial charge in [-0.15, -0.1) is 11.3 Å². The van der Waals surface area contributed by atoms with Crippen molar-refractivity contribution in [3.63, 3.8) is 0 Å². The van der Waals surface area contributed by atoms with Crippen LogP contribution >= 0.6 is 11.3 Å². The van der Waals surface area contributed by atoms with Crippen LogP contribution in [-0.2, 0) is 0 Å². The van der Waals surface area contributed by atoms with Crippen molar-refractivity contribution >= 4 is 17.2 Å². The number of nitrogens with one attached hydrogen (secondary N) is 1. The molecule has 3 nitrogen and oxygen atoms in total. The topological polar surface area (TPSA) is 42.0 Å². The van der Waals surface area contributed by atoms with Crippen LogP contribution in [0, 0.1) is 6.92 Å².